The average Bonchev–Trinajstić information content (AvgIpc) is 3.99. The van der Waals surface area contributed by atoms with Crippen LogP contribution in [0.2, 0.25) is 10.0 Å². The number of phenols is 1. The third kappa shape index (κ3) is 8.67. The molecule has 12 nitrogen and oxygen atoms in total. The third-order valence-electron chi connectivity index (χ3n) is 10.7. The molecule has 3 aliphatic heterocycles. The van der Waals surface area contributed by atoms with Crippen molar-refractivity contribution in [1.29, 1.82) is 0 Å². The number of amides is 1. The Balaban J connectivity index is 1.37. The molecule has 1 aliphatic carbocycles. The van der Waals surface area contributed by atoms with Gasteiger partial charge in [0.2, 0.25) is 12.4 Å². The van der Waals surface area contributed by atoms with E-state index in [1.807, 2.05) is 0 Å². The minimum atomic E-state index is -3.15. The van der Waals surface area contributed by atoms with Crippen molar-refractivity contribution in [3.63, 3.8) is 0 Å². The maximum absolute atomic E-state index is 14.3. The molecule has 296 valence electrons. The Hall–Kier alpha value is -5.05. The van der Waals surface area contributed by atoms with E-state index in [1.165, 1.54) is 48.8 Å². The highest BCUT2D eigenvalue weighted by Crippen LogP contribution is 2.43. The number of carbonyl (C=O) groups is 2. The number of aromatic nitrogens is 1. The number of carbonyl (C=O) groups excluding carboxylic acids is 1. The van der Waals surface area contributed by atoms with E-state index < -0.39 is 48.6 Å². The van der Waals surface area contributed by atoms with E-state index in [0.717, 1.165) is 49.7 Å². The lowest BCUT2D eigenvalue weighted by atomic mass is 9.82. The van der Waals surface area contributed by atoms with Crippen molar-refractivity contribution >= 4 is 41.0 Å². The molecule has 3 aromatic carbocycles. The maximum Gasteiger partial charge on any atom is 0.415 e. The van der Waals surface area contributed by atoms with E-state index in [2.05, 4.69) is 4.90 Å². The molecule has 1 aromatic heterocycles. The topological polar surface area (TPSA) is 156 Å². The Labute approximate surface area is 330 Å². The number of aromatic hydroxyl groups is 1. The summed E-state index contributed by atoms with van der Waals surface area (Å²) < 4.78 is 44.6. The molecule has 1 saturated carbocycles. The molecule has 0 unspecified atom stereocenters. The number of aromatic carboxylic acids is 1. The maximum atomic E-state index is 14.3. The molecule has 4 heterocycles. The molecular weight excluding hydrogens is 775 g/mol. The third-order valence-corrected chi connectivity index (χ3v) is 11.3. The highest BCUT2D eigenvalue weighted by molar-refractivity contribution is 6.35. The van der Waals surface area contributed by atoms with Gasteiger partial charge in [0.05, 0.1) is 24.4 Å². The highest BCUT2D eigenvalue weighted by atomic mass is 35.5. The lowest BCUT2D eigenvalue weighted by Gasteiger charge is -2.44. The van der Waals surface area contributed by atoms with Crippen LogP contribution in [0.15, 0.2) is 67.0 Å². The van der Waals surface area contributed by atoms with Crippen LogP contribution in [0.5, 0.6) is 23.0 Å². The zero-order valence-corrected chi connectivity index (χ0v) is 31.5. The van der Waals surface area contributed by atoms with Crippen LogP contribution in [0.4, 0.5) is 19.3 Å². The van der Waals surface area contributed by atoms with Gasteiger partial charge in [-0.25, -0.2) is 9.59 Å². The van der Waals surface area contributed by atoms with Crippen LogP contribution in [0, 0.1) is 11.8 Å². The minimum Gasteiger partial charge on any atom is -0.872 e. The number of phenolic OH excluding ortho intramolecular Hbond substituents is 1. The Morgan fingerprint density at radius 2 is 1.70 bits per heavy atom. The Bertz CT molecular complexity index is 2090. The Morgan fingerprint density at radius 3 is 2.32 bits per heavy atom. The van der Waals surface area contributed by atoms with Gasteiger partial charge in [0.1, 0.15) is 21.9 Å². The number of para-hydroxylation sites is 2. The Kier molecular flexibility index (Phi) is 11.6. The first-order valence-electron chi connectivity index (χ1n) is 18.2. The van der Waals surface area contributed by atoms with Crippen LogP contribution in [0.1, 0.15) is 64.2 Å². The van der Waals surface area contributed by atoms with Crippen molar-refractivity contribution in [3.8, 4) is 23.0 Å². The van der Waals surface area contributed by atoms with Gasteiger partial charge < -0.3 is 29.5 Å². The summed E-state index contributed by atoms with van der Waals surface area (Å²) in [6.45, 7) is -1.11. The fraction of sp³-hybridized carbons (Fsp3) is 0.375. The average molecular weight is 815 g/mol. The second-order valence-corrected chi connectivity index (χ2v) is 15.2. The number of hydrogen-bond donors (Lipinski definition) is 3. The van der Waals surface area contributed by atoms with Crippen LogP contribution < -0.4 is 24.2 Å². The summed E-state index contributed by atoms with van der Waals surface area (Å²) in [5, 5.41) is 45.7. The molecule has 8 rings (SSSR count). The van der Waals surface area contributed by atoms with Crippen LogP contribution in [0.25, 0.3) is 0 Å². The van der Waals surface area contributed by atoms with Crippen LogP contribution in [0.3, 0.4) is 0 Å². The van der Waals surface area contributed by atoms with E-state index in [4.69, 9.17) is 37.4 Å². The van der Waals surface area contributed by atoms with E-state index in [-0.39, 0.29) is 69.0 Å². The van der Waals surface area contributed by atoms with E-state index >= 15 is 0 Å². The number of alkyl halides is 2. The van der Waals surface area contributed by atoms with Crippen molar-refractivity contribution in [2.75, 3.05) is 31.1 Å². The van der Waals surface area contributed by atoms with Crippen molar-refractivity contribution < 1.29 is 57.8 Å². The molecule has 56 heavy (non-hydrogen) atoms. The number of anilines is 1. The number of carboxylic acids is 1. The second-order valence-electron chi connectivity index (χ2n) is 14.4. The Morgan fingerprint density at radius 1 is 0.982 bits per heavy atom. The van der Waals surface area contributed by atoms with Crippen molar-refractivity contribution in [3.05, 3.63) is 105 Å². The molecule has 4 aliphatic rings. The first-order valence-corrected chi connectivity index (χ1v) is 19.0. The summed E-state index contributed by atoms with van der Waals surface area (Å²) in [5.74, 6) is -3.43. The molecule has 4 aromatic rings. The number of fused-ring (bicyclic) bond motifs is 3. The predicted octanol–water partition coefficient (Wildman–Crippen LogP) is 7.00. The van der Waals surface area contributed by atoms with Crippen molar-refractivity contribution in [1.82, 2.24) is 4.90 Å². The number of piperidine rings is 3. The van der Waals surface area contributed by atoms with Gasteiger partial charge in [0.15, 0.2) is 11.5 Å². The van der Waals surface area contributed by atoms with Crippen LogP contribution in [-0.2, 0) is 17.7 Å². The quantitative estimate of drug-likeness (QED) is 0.0896. The number of ether oxygens (including phenoxy) is 3. The van der Waals surface area contributed by atoms with Gasteiger partial charge >= 0.3 is 18.7 Å². The number of halogens is 4. The number of nitrogens with zero attached hydrogens (tertiary/aromatic N) is 3. The molecule has 16 heteroatoms. The molecule has 3 saturated heterocycles. The number of hydrogen-bond acceptors (Lipinski definition) is 9. The molecule has 2 atom stereocenters. The highest BCUT2D eigenvalue weighted by Gasteiger charge is 2.38. The fourth-order valence-corrected chi connectivity index (χ4v) is 8.13. The molecule has 2 bridgehead atoms. The van der Waals surface area contributed by atoms with Gasteiger partial charge in [-0.1, -0.05) is 53.2 Å². The summed E-state index contributed by atoms with van der Waals surface area (Å²) in [6, 6.07) is 12.9. The number of rotatable bonds is 14. The molecule has 4 fully saturated rings. The number of carboxylic acid groups (broad SMARTS) is 1. The van der Waals surface area contributed by atoms with Crippen LogP contribution in [-0.4, -0.2) is 71.3 Å². The van der Waals surface area contributed by atoms with E-state index in [0.29, 0.717) is 22.4 Å². The zero-order chi connectivity index (χ0) is 39.7. The number of pyridine rings is 1. The molecule has 1 amide bonds. The first-order chi connectivity index (χ1) is 26.9. The van der Waals surface area contributed by atoms with Crippen molar-refractivity contribution in [2.45, 2.75) is 57.3 Å². The van der Waals surface area contributed by atoms with Gasteiger partial charge in [0, 0.05) is 22.8 Å². The first kappa shape index (κ1) is 39.2. The predicted molar refractivity (Wildman–Crippen MR) is 197 cm³/mol. The monoisotopic (exact) mass is 813 g/mol. The van der Waals surface area contributed by atoms with Crippen LogP contribution >= 0.6 is 23.2 Å². The largest absolute Gasteiger partial charge is 0.872 e. The fourth-order valence-electron chi connectivity index (χ4n) is 7.52. The second kappa shape index (κ2) is 16.6. The van der Waals surface area contributed by atoms with Gasteiger partial charge in [-0.2, -0.15) is 8.78 Å². The van der Waals surface area contributed by atoms with Crippen molar-refractivity contribution in [2.24, 2.45) is 11.8 Å². The van der Waals surface area contributed by atoms with Gasteiger partial charge in [0.25, 0.3) is 0 Å². The smallest absolute Gasteiger partial charge is 0.415 e. The SMILES string of the molecule is O=C(O)c1ccc([C@@H](Cc2c(Cl)c[n+](O)cc2Cl)c2ccc(OC(F)F)c(OCC3CC3)c2)c(CN(C(=O)O[C@H]2CN3CCC2CC3)c2ccccc2O)c1[O-]. The molecule has 3 N–H and O–H groups in total. The van der Waals surface area contributed by atoms with E-state index in [1.54, 1.807) is 12.1 Å². The van der Waals surface area contributed by atoms with Gasteiger partial charge in [-0.05, 0) is 104 Å². The summed E-state index contributed by atoms with van der Waals surface area (Å²) in [4.78, 5) is 30.0. The molecular formula is C40H39Cl2F2N3O9. The normalized spacial score (nSPS) is 19.4. The standard InChI is InChI=1S/C40H39Cl2F2N3O9/c41-30-18-46(53)19-31(42)28(30)16-27(24-7-10-34(55-39(43)44)35(15-24)54-21-22-5-6-22)25-8-9-26(38(50)51)37(49)29(25)17-47(32-3-1-2-4-33(32)48)40(52)56-36-20-45-13-11-23(36)12-14-45/h1-4,7-10,15,18-19,22-23,27,36,39H,5-6,11-14,16-17,20-21H2,(H3-,48,49,50,51,53)/t27-,36-/m0/s1. The van der Waals surface area contributed by atoms with Gasteiger partial charge in [-0.15, -0.1) is 0 Å². The summed E-state index contributed by atoms with van der Waals surface area (Å²) in [6.07, 6.45) is 4.61. The number of benzene rings is 3. The molecule has 0 radical (unpaired) electrons. The lowest BCUT2D eigenvalue weighted by Crippen LogP contribution is -2.53. The lowest BCUT2D eigenvalue weighted by molar-refractivity contribution is -0.904. The summed E-state index contributed by atoms with van der Waals surface area (Å²) in [5.41, 5.74) is 0.302. The summed E-state index contributed by atoms with van der Waals surface area (Å²) >= 11 is 13.2. The minimum absolute atomic E-state index is 0.0149. The van der Waals surface area contributed by atoms with E-state index in [9.17, 15) is 38.9 Å². The molecule has 0 spiro atoms. The van der Waals surface area contributed by atoms with Gasteiger partial charge in [-0.3, -0.25) is 15.0 Å². The zero-order valence-electron chi connectivity index (χ0n) is 30.0. The summed E-state index contributed by atoms with van der Waals surface area (Å²) in [7, 11) is 0.